The lowest BCUT2D eigenvalue weighted by atomic mass is 10.0. The normalized spacial score (nSPS) is 13.8. The van der Waals surface area contributed by atoms with Crippen LogP contribution in [0.15, 0.2) is 79.5 Å². The molecule has 7 rings (SSSR count). The van der Waals surface area contributed by atoms with Crippen LogP contribution in [0.5, 0.6) is 0 Å². The van der Waals surface area contributed by atoms with Crippen LogP contribution in [0.1, 0.15) is 39.7 Å². The van der Waals surface area contributed by atoms with Crippen molar-refractivity contribution in [1.29, 1.82) is 0 Å². The van der Waals surface area contributed by atoms with Crippen molar-refractivity contribution >= 4 is 23.3 Å². The largest absolute Gasteiger partial charge is 0.337 e. The van der Waals surface area contributed by atoms with Gasteiger partial charge in [0.15, 0.2) is 11.5 Å². The van der Waals surface area contributed by atoms with Crippen LogP contribution in [0, 0.1) is 11.8 Å². The molecule has 226 valence electrons. The number of hydrogen-bond acceptors (Lipinski definition) is 7. The van der Waals surface area contributed by atoms with Gasteiger partial charge in [0, 0.05) is 55.8 Å². The average molecular weight is 609 g/mol. The molecule has 6 aromatic rings. The van der Waals surface area contributed by atoms with Crippen molar-refractivity contribution in [3.63, 3.8) is 0 Å². The third-order valence-corrected chi connectivity index (χ3v) is 7.78. The second kappa shape index (κ2) is 11.4. The first kappa shape index (κ1) is 28.0. The van der Waals surface area contributed by atoms with Gasteiger partial charge in [-0.3, -0.25) is 14.3 Å². The predicted octanol–water partition coefficient (Wildman–Crippen LogP) is 4.40. The molecule has 0 bridgehead atoms. The number of aryl methyl sites for hydroxylation is 1. The first-order chi connectivity index (χ1) is 21.8. The highest BCUT2D eigenvalue weighted by Crippen LogP contribution is 2.35. The van der Waals surface area contributed by atoms with E-state index in [-0.39, 0.29) is 29.1 Å². The van der Waals surface area contributed by atoms with E-state index in [4.69, 9.17) is 10.1 Å². The molecule has 0 aliphatic carbocycles. The van der Waals surface area contributed by atoms with Gasteiger partial charge in [0.2, 0.25) is 5.95 Å². The van der Waals surface area contributed by atoms with Crippen LogP contribution in [-0.2, 0) is 7.05 Å². The summed E-state index contributed by atoms with van der Waals surface area (Å²) in [5, 5.41) is 11.7. The fourth-order valence-corrected chi connectivity index (χ4v) is 5.55. The highest BCUT2D eigenvalue weighted by molar-refractivity contribution is 6.03. The van der Waals surface area contributed by atoms with Gasteiger partial charge in [-0.25, -0.2) is 23.9 Å². The van der Waals surface area contributed by atoms with Gasteiger partial charge in [-0.2, -0.15) is 14.6 Å². The van der Waals surface area contributed by atoms with Crippen molar-refractivity contribution < 1.29 is 18.4 Å². The van der Waals surface area contributed by atoms with Gasteiger partial charge < -0.3 is 14.8 Å². The quantitative estimate of drug-likeness (QED) is 0.278. The molecule has 1 saturated heterocycles. The molecular weight excluding hydrogens is 582 g/mol. The lowest BCUT2D eigenvalue weighted by Gasteiger charge is -2.33. The zero-order chi connectivity index (χ0) is 31.1. The predicted molar refractivity (Wildman–Crippen MR) is 159 cm³/mol. The second-order valence-corrected chi connectivity index (χ2v) is 10.7. The lowest BCUT2D eigenvalue weighted by molar-refractivity contribution is 0.0688. The summed E-state index contributed by atoms with van der Waals surface area (Å²) in [4.78, 5) is 40.1. The topological polar surface area (TPSA) is 128 Å². The van der Waals surface area contributed by atoms with Crippen molar-refractivity contribution in [3.8, 4) is 22.6 Å². The van der Waals surface area contributed by atoms with Gasteiger partial charge in [0.05, 0.1) is 23.9 Å². The number of fused-ring (bicyclic) bond motifs is 1. The van der Waals surface area contributed by atoms with Crippen LogP contribution in [0.2, 0.25) is 0 Å². The summed E-state index contributed by atoms with van der Waals surface area (Å²) >= 11 is 0. The minimum atomic E-state index is -0.761. The number of imidazole rings is 2. The van der Waals surface area contributed by atoms with Crippen molar-refractivity contribution in [2.45, 2.75) is 18.9 Å². The summed E-state index contributed by atoms with van der Waals surface area (Å²) in [5.41, 5.74) is 3.65. The highest BCUT2D eigenvalue weighted by Gasteiger charge is 2.29. The monoisotopic (exact) mass is 608 g/mol. The third kappa shape index (κ3) is 5.53. The molecule has 1 aliphatic heterocycles. The molecule has 1 aliphatic rings. The van der Waals surface area contributed by atoms with Crippen LogP contribution in [0.4, 0.5) is 14.6 Å². The SMILES string of the molecule is Cn1ccc(C(=O)N2CCC(n3cnc(-c4ccc(F)cc4)c3-c3ccc4nc(NC(=O)c5ccnc(F)c5)cn4n3)CC2)n1. The van der Waals surface area contributed by atoms with E-state index in [9.17, 15) is 18.4 Å². The minimum Gasteiger partial charge on any atom is -0.337 e. The number of carbonyl (C=O) groups is 2. The van der Waals surface area contributed by atoms with Gasteiger partial charge in [-0.15, -0.1) is 0 Å². The number of carbonyl (C=O) groups excluding carboxylic acids is 2. The van der Waals surface area contributed by atoms with Crippen molar-refractivity contribution in [2.75, 3.05) is 18.4 Å². The maximum atomic E-state index is 13.8. The number of amides is 2. The molecule has 5 aromatic heterocycles. The molecule has 6 heterocycles. The van der Waals surface area contributed by atoms with E-state index >= 15 is 0 Å². The summed E-state index contributed by atoms with van der Waals surface area (Å²) in [7, 11) is 1.78. The van der Waals surface area contributed by atoms with E-state index in [2.05, 4.69) is 25.0 Å². The van der Waals surface area contributed by atoms with Crippen LogP contribution < -0.4 is 5.32 Å². The first-order valence-electron chi connectivity index (χ1n) is 14.2. The number of hydrogen-bond donors (Lipinski definition) is 1. The molecule has 1 fully saturated rings. The van der Waals surface area contributed by atoms with Gasteiger partial charge in [0.25, 0.3) is 11.8 Å². The Morgan fingerprint density at radius 2 is 1.76 bits per heavy atom. The van der Waals surface area contributed by atoms with Gasteiger partial charge in [0.1, 0.15) is 17.2 Å². The van der Waals surface area contributed by atoms with Crippen LogP contribution in [-0.4, -0.2) is 68.7 Å². The van der Waals surface area contributed by atoms with E-state index in [0.717, 1.165) is 17.3 Å². The minimum absolute atomic E-state index is 0.0189. The molecule has 14 heteroatoms. The summed E-state index contributed by atoms with van der Waals surface area (Å²) < 4.78 is 32.5. The summed E-state index contributed by atoms with van der Waals surface area (Å²) in [6.45, 7) is 1.09. The maximum absolute atomic E-state index is 13.8. The molecule has 0 saturated carbocycles. The molecule has 0 atom stereocenters. The van der Waals surface area contributed by atoms with E-state index in [1.807, 2.05) is 11.0 Å². The number of likely N-dealkylation sites (tertiary alicyclic amines) is 1. The number of nitrogens with one attached hydrogen (secondary N) is 1. The Bertz CT molecular complexity index is 2040. The Balaban J connectivity index is 1.19. The van der Waals surface area contributed by atoms with Gasteiger partial charge in [-0.05, 0) is 61.4 Å². The Morgan fingerprint density at radius 3 is 2.49 bits per heavy atom. The number of piperidine rings is 1. The number of halogens is 2. The van der Waals surface area contributed by atoms with E-state index in [0.29, 0.717) is 48.7 Å². The number of pyridine rings is 1. The summed E-state index contributed by atoms with van der Waals surface area (Å²) in [6, 6.07) is 13.9. The van der Waals surface area contributed by atoms with Gasteiger partial charge in [-0.1, -0.05) is 0 Å². The number of nitrogens with zero attached hydrogens (tertiary/aromatic N) is 9. The molecule has 45 heavy (non-hydrogen) atoms. The second-order valence-electron chi connectivity index (χ2n) is 10.7. The summed E-state index contributed by atoms with van der Waals surface area (Å²) in [6.07, 6.45) is 7.65. The Hall–Kier alpha value is -5.79. The van der Waals surface area contributed by atoms with Crippen LogP contribution in [0.3, 0.4) is 0 Å². The molecule has 2 amide bonds. The standard InChI is InChI=1S/C31H26F2N10O2/c1-40-13-11-24(38-40)31(45)41-14-9-22(10-15-41)42-18-35-28(19-2-4-21(32)5-3-19)29(42)23-6-7-27-36-26(17-43(27)39-23)37-30(44)20-8-12-34-25(33)16-20/h2-8,11-13,16-18,22H,9-10,14-15H2,1H3,(H,37,44). The van der Waals surface area contributed by atoms with Gasteiger partial charge >= 0.3 is 0 Å². The summed E-state index contributed by atoms with van der Waals surface area (Å²) in [5.74, 6) is -1.52. The lowest BCUT2D eigenvalue weighted by Crippen LogP contribution is -2.39. The van der Waals surface area contributed by atoms with E-state index < -0.39 is 11.9 Å². The maximum Gasteiger partial charge on any atom is 0.274 e. The molecule has 0 unspecified atom stereocenters. The molecule has 1 aromatic carbocycles. The molecule has 0 radical (unpaired) electrons. The fraction of sp³-hybridized carbons (Fsp3) is 0.194. The smallest absolute Gasteiger partial charge is 0.274 e. The van der Waals surface area contributed by atoms with Crippen LogP contribution in [0.25, 0.3) is 28.3 Å². The Kier molecular flexibility index (Phi) is 7.08. The number of rotatable bonds is 6. The highest BCUT2D eigenvalue weighted by atomic mass is 19.1. The van der Waals surface area contributed by atoms with E-state index in [1.54, 1.807) is 54.7 Å². The number of anilines is 1. The molecule has 0 spiro atoms. The Morgan fingerprint density at radius 1 is 0.956 bits per heavy atom. The Labute approximate surface area is 255 Å². The van der Waals surface area contributed by atoms with Crippen molar-refractivity contribution in [3.05, 3.63) is 103 Å². The zero-order valence-electron chi connectivity index (χ0n) is 24.0. The zero-order valence-corrected chi connectivity index (χ0v) is 24.0. The first-order valence-corrected chi connectivity index (χ1v) is 14.2. The number of aromatic nitrogens is 8. The molecule has 1 N–H and O–H groups in total. The number of benzene rings is 1. The molecular formula is C31H26F2N10O2. The van der Waals surface area contributed by atoms with E-state index in [1.165, 1.54) is 28.9 Å². The molecule has 12 nitrogen and oxygen atoms in total. The third-order valence-electron chi connectivity index (χ3n) is 7.78. The van der Waals surface area contributed by atoms with Crippen LogP contribution >= 0.6 is 0 Å². The average Bonchev–Trinajstić information content (AvgIpc) is 3.79. The fourth-order valence-electron chi connectivity index (χ4n) is 5.55. The van der Waals surface area contributed by atoms with Crippen molar-refractivity contribution in [1.82, 2.24) is 43.8 Å². The van der Waals surface area contributed by atoms with Crippen molar-refractivity contribution in [2.24, 2.45) is 7.05 Å².